The molecule has 1 aliphatic rings. The van der Waals surface area contributed by atoms with Gasteiger partial charge in [0.1, 0.15) is 0 Å². The van der Waals surface area contributed by atoms with Gasteiger partial charge in [0.05, 0.1) is 6.61 Å². The molecule has 0 saturated carbocycles. The van der Waals surface area contributed by atoms with Gasteiger partial charge in [-0.3, -0.25) is 0 Å². The number of methoxy groups -OCH3 is 1. The van der Waals surface area contributed by atoms with Crippen molar-refractivity contribution in [1.82, 2.24) is 5.32 Å². The Morgan fingerprint density at radius 2 is 2.43 bits per heavy atom. The molecule has 0 aliphatic carbocycles. The Hall–Kier alpha value is -0.860. The topological polar surface area (TPSA) is 21.3 Å². The summed E-state index contributed by atoms with van der Waals surface area (Å²) in [5.74, 6) is 0.701. The molecule has 76 valence electrons. The van der Waals surface area contributed by atoms with Crippen LogP contribution in [0.2, 0.25) is 0 Å². The van der Waals surface area contributed by atoms with Crippen molar-refractivity contribution in [3.8, 4) is 0 Å². The molecule has 14 heavy (non-hydrogen) atoms. The van der Waals surface area contributed by atoms with Gasteiger partial charge in [0.2, 0.25) is 0 Å². The van der Waals surface area contributed by atoms with E-state index < -0.39 is 0 Å². The molecule has 1 aromatic rings. The lowest BCUT2D eigenvalue weighted by atomic mass is 9.97. The van der Waals surface area contributed by atoms with Crippen molar-refractivity contribution in [3.05, 3.63) is 35.4 Å². The second-order valence-electron chi connectivity index (χ2n) is 3.87. The molecule has 0 radical (unpaired) electrons. The van der Waals surface area contributed by atoms with Crippen LogP contribution in [0.4, 0.5) is 0 Å². The Balaban J connectivity index is 2.12. The molecule has 0 bridgehead atoms. The highest BCUT2D eigenvalue weighted by Gasteiger charge is 2.16. The van der Waals surface area contributed by atoms with Crippen molar-refractivity contribution in [2.24, 2.45) is 0 Å². The van der Waals surface area contributed by atoms with Crippen LogP contribution < -0.4 is 5.32 Å². The average molecular weight is 191 g/mol. The van der Waals surface area contributed by atoms with Crippen LogP contribution in [-0.2, 0) is 11.3 Å². The van der Waals surface area contributed by atoms with Gasteiger partial charge in [-0.15, -0.1) is 0 Å². The van der Waals surface area contributed by atoms with Crippen LogP contribution in [-0.4, -0.2) is 20.2 Å². The lowest BCUT2D eigenvalue weighted by Crippen LogP contribution is -2.08. The van der Waals surface area contributed by atoms with Gasteiger partial charge in [0.15, 0.2) is 0 Å². The van der Waals surface area contributed by atoms with Crippen molar-refractivity contribution >= 4 is 0 Å². The van der Waals surface area contributed by atoms with Gasteiger partial charge in [-0.2, -0.15) is 0 Å². The summed E-state index contributed by atoms with van der Waals surface area (Å²) in [6.07, 6.45) is 1.26. The number of rotatable bonds is 3. The molecule has 1 N–H and O–H groups in total. The highest BCUT2D eigenvalue weighted by Crippen LogP contribution is 2.22. The zero-order valence-corrected chi connectivity index (χ0v) is 8.62. The number of ether oxygens (including phenoxy) is 1. The van der Waals surface area contributed by atoms with Gasteiger partial charge in [-0.05, 0) is 30.0 Å². The first-order valence-electron chi connectivity index (χ1n) is 5.18. The highest BCUT2D eigenvalue weighted by atomic mass is 16.5. The Bertz CT molecular complexity index is 292. The quantitative estimate of drug-likeness (QED) is 0.788. The number of hydrogen-bond donors (Lipinski definition) is 1. The largest absolute Gasteiger partial charge is 0.380 e. The summed E-state index contributed by atoms with van der Waals surface area (Å²) >= 11 is 0. The second-order valence-corrected chi connectivity index (χ2v) is 3.87. The minimum absolute atomic E-state index is 0.701. The number of benzene rings is 1. The Morgan fingerprint density at radius 3 is 3.14 bits per heavy atom. The first-order valence-corrected chi connectivity index (χ1v) is 5.18. The van der Waals surface area contributed by atoms with Crippen molar-refractivity contribution < 1.29 is 4.74 Å². The summed E-state index contributed by atoms with van der Waals surface area (Å²) in [6, 6.07) is 8.73. The number of nitrogens with one attached hydrogen (secondary N) is 1. The molecule has 1 fully saturated rings. The zero-order valence-electron chi connectivity index (χ0n) is 8.62. The first-order chi connectivity index (χ1) is 6.90. The van der Waals surface area contributed by atoms with Gasteiger partial charge >= 0.3 is 0 Å². The van der Waals surface area contributed by atoms with Gasteiger partial charge in [0.25, 0.3) is 0 Å². The minimum atomic E-state index is 0.701. The van der Waals surface area contributed by atoms with E-state index in [4.69, 9.17) is 4.74 Å². The Labute approximate surface area is 85.3 Å². The smallest absolute Gasteiger partial charge is 0.0713 e. The molecular weight excluding hydrogens is 174 g/mol. The molecule has 1 aromatic carbocycles. The van der Waals surface area contributed by atoms with Crippen LogP contribution in [0.1, 0.15) is 23.5 Å². The minimum Gasteiger partial charge on any atom is -0.380 e. The first kappa shape index (κ1) is 9.69. The van der Waals surface area contributed by atoms with Crippen LogP contribution in [0.25, 0.3) is 0 Å². The van der Waals surface area contributed by atoms with Crippen molar-refractivity contribution in [1.29, 1.82) is 0 Å². The summed E-state index contributed by atoms with van der Waals surface area (Å²) in [7, 11) is 1.74. The molecule has 1 aliphatic heterocycles. The summed E-state index contributed by atoms with van der Waals surface area (Å²) in [4.78, 5) is 0. The van der Waals surface area contributed by atoms with E-state index in [1.54, 1.807) is 7.11 Å². The SMILES string of the molecule is COCc1cccc(C2CCNC2)c1. The second kappa shape index (κ2) is 4.58. The Morgan fingerprint density at radius 1 is 1.50 bits per heavy atom. The van der Waals surface area contributed by atoms with Crippen molar-refractivity contribution in [2.75, 3.05) is 20.2 Å². The molecule has 2 rings (SSSR count). The van der Waals surface area contributed by atoms with Crippen LogP contribution in [0.3, 0.4) is 0 Å². The van der Waals surface area contributed by atoms with E-state index in [0.717, 1.165) is 13.1 Å². The van der Waals surface area contributed by atoms with Crippen LogP contribution >= 0.6 is 0 Å². The van der Waals surface area contributed by atoms with Crippen LogP contribution in [0, 0.1) is 0 Å². The van der Waals surface area contributed by atoms with Gasteiger partial charge in [-0.1, -0.05) is 24.3 Å². The molecule has 2 heteroatoms. The zero-order chi connectivity index (χ0) is 9.80. The standard InChI is InChI=1S/C12H17NO/c1-14-9-10-3-2-4-11(7-10)12-5-6-13-8-12/h2-4,7,12-13H,5-6,8-9H2,1H3. The summed E-state index contributed by atoms with van der Waals surface area (Å²) in [5.41, 5.74) is 2.72. The third kappa shape index (κ3) is 2.14. The predicted molar refractivity (Wildman–Crippen MR) is 57.4 cm³/mol. The fourth-order valence-corrected chi connectivity index (χ4v) is 2.04. The lowest BCUT2D eigenvalue weighted by molar-refractivity contribution is 0.185. The molecule has 0 aromatic heterocycles. The summed E-state index contributed by atoms with van der Waals surface area (Å²) < 4.78 is 5.13. The van der Waals surface area contributed by atoms with E-state index >= 15 is 0 Å². The van der Waals surface area contributed by atoms with Gasteiger partial charge < -0.3 is 10.1 Å². The van der Waals surface area contributed by atoms with Crippen LogP contribution in [0.5, 0.6) is 0 Å². The molecule has 1 unspecified atom stereocenters. The molecule has 0 spiro atoms. The summed E-state index contributed by atoms with van der Waals surface area (Å²) in [6.45, 7) is 2.99. The van der Waals surface area contributed by atoms with Crippen molar-refractivity contribution in [3.63, 3.8) is 0 Å². The maximum absolute atomic E-state index is 5.13. The van der Waals surface area contributed by atoms with E-state index in [9.17, 15) is 0 Å². The molecule has 1 atom stereocenters. The average Bonchev–Trinajstić information content (AvgIpc) is 2.71. The predicted octanol–water partition coefficient (Wildman–Crippen LogP) is 1.91. The third-order valence-electron chi connectivity index (χ3n) is 2.79. The van der Waals surface area contributed by atoms with E-state index in [-0.39, 0.29) is 0 Å². The fraction of sp³-hybridized carbons (Fsp3) is 0.500. The maximum atomic E-state index is 5.13. The maximum Gasteiger partial charge on any atom is 0.0713 e. The van der Waals surface area contributed by atoms with E-state index in [2.05, 4.69) is 29.6 Å². The fourth-order valence-electron chi connectivity index (χ4n) is 2.04. The lowest BCUT2D eigenvalue weighted by Gasteiger charge is -2.10. The van der Waals surface area contributed by atoms with Gasteiger partial charge in [-0.25, -0.2) is 0 Å². The van der Waals surface area contributed by atoms with Gasteiger partial charge in [0, 0.05) is 13.7 Å². The van der Waals surface area contributed by atoms with E-state index in [0.29, 0.717) is 12.5 Å². The molecule has 1 heterocycles. The highest BCUT2D eigenvalue weighted by molar-refractivity contribution is 5.27. The van der Waals surface area contributed by atoms with E-state index in [1.807, 2.05) is 0 Å². The third-order valence-corrected chi connectivity index (χ3v) is 2.79. The normalized spacial score (nSPS) is 21.4. The van der Waals surface area contributed by atoms with Crippen LogP contribution in [0.15, 0.2) is 24.3 Å². The molecule has 2 nitrogen and oxygen atoms in total. The number of hydrogen-bond acceptors (Lipinski definition) is 2. The molecule has 1 saturated heterocycles. The van der Waals surface area contributed by atoms with E-state index in [1.165, 1.54) is 17.5 Å². The monoisotopic (exact) mass is 191 g/mol. The van der Waals surface area contributed by atoms with Crippen molar-refractivity contribution in [2.45, 2.75) is 18.9 Å². The molecule has 0 amide bonds. The molecular formula is C12H17NO. The summed E-state index contributed by atoms with van der Waals surface area (Å²) in [5, 5.41) is 3.39. The Kier molecular flexibility index (Phi) is 3.17.